The van der Waals surface area contributed by atoms with Crippen LogP contribution in [0.5, 0.6) is 0 Å². The van der Waals surface area contributed by atoms with Gasteiger partial charge in [0.05, 0.1) is 0 Å². The average molecular weight is 222 g/mol. The minimum Gasteiger partial charge on any atom is -0.0648 e. The van der Waals surface area contributed by atoms with Crippen LogP contribution in [0.15, 0.2) is 0 Å². The molecule has 0 spiro atoms. The molecule has 16 heavy (non-hydrogen) atoms. The summed E-state index contributed by atoms with van der Waals surface area (Å²) in [5.41, 5.74) is 2.37. The standard InChI is InChI=1S/C16H30/c1-8-14(6)15(7)12(11-13(15,4)5)16(14,9-2)10-3/h12H,8-11H2,1-7H3. The molecule has 2 rings (SSSR count). The summed E-state index contributed by atoms with van der Waals surface area (Å²) in [5.74, 6) is 0.995. The molecule has 0 aromatic heterocycles. The van der Waals surface area contributed by atoms with E-state index < -0.39 is 0 Å². The largest absolute Gasteiger partial charge is 0.0648 e. The first-order valence-corrected chi connectivity index (χ1v) is 7.27. The Morgan fingerprint density at radius 1 is 0.875 bits per heavy atom. The molecule has 0 saturated heterocycles. The highest BCUT2D eigenvalue weighted by Crippen LogP contribution is 2.88. The van der Waals surface area contributed by atoms with Crippen molar-refractivity contribution in [2.24, 2.45) is 27.6 Å². The predicted molar refractivity (Wildman–Crippen MR) is 71.4 cm³/mol. The molecule has 2 fully saturated rings. The maximum atomic E-state index is 2.58. The molecular weight excluding hydrogens is 192 g/mol. The fourth-order valence-corrected chi connectivity index (χ4v) is 6.21. The third-order valence-corrected chi connectivity index (χ3v) is 7.70. The maximum Gasteiger partial charge on any atom is -0.0181 e. The molecule has 3 unspecified atom stereocenters. The topological polar surface area (TPSA) is 0 Å². The molecule has 0 aromatic rings. The van der Waals surface area contributed by atoms with E-state index in [-0.39, 0.29) is 0 Å². The van der Waals surface area contributed by atoms with E-state index in [9.17, 15) is 0 Å². The van der Waals surface area contributed by atoms with Crippen molar-refractivity contribution < 1.29 is 0 Å². The summed E-state index contributed by atoms with van der Waals surface area (Å²) in [6.07, 6.45) is 5.57. The number of hydrogen-bond donors (Lipinski definition) is 0. The second-order valence-electron chi connectivity index (χ2n) is 7.39. The van der Waals surface area contributed by atoms with Crippen LogP contribution in [0.3, 0.4) is 0 Å². The minimum atomic E-state index is 0.565. The lowest BCUT2D eigenvalue weighted by atomic mass is 9.18. The molecular formula is C16H30. The Bertz CT molecular complexity index is 289. The van der Waals surface area contributed by atoms with E-state index in [0.717, 1.165) is 5.92 Å². The average Bonchev–Trinajstić information content (AvgIpc) is 2.27. The third kappa shape index (κ3) is 0.842. The van der Waals surface area contributed by atoms with E-state index in [1.165, 1.54) is 25.7 Å². The fourth-order valence-electron chi connectivity index (χ4n) is 6.21. The molecule has 2 saturated carbocycles. The maximum absolute atomic E-state index is 2.58. The monoisotopic (exact) mass is 222 g/mol. The van der Waals surface area contributed by atoms with E-state index in [1.54, 1.807) is 0 Å². The Hall–Kier alpha value is 0. The van der Waals surface area contributed by atoms with Crippen molar-refractivity contribution in [3.63, 3.8) is 0 Å². The first-order valence-electron chi connectivity index (χ1n) is 7.27. The quantitative estimate of drug-likeness (QED) is 0.610. The van der Waals surface area contributed by atoms with Gasteiger partial charge in [-0.3, -0.25) is 0 Å². The first kappa shape index (κ1) is 12.5. The van der Waals surface area contributed by atoms with Crippen molar-refractivity contribution >= 4 is 0 Å². The predicted octanol–water partition coefficient (Wildman–Crippen LogP) is 5.28. The van der Waals surface area contributed by atoms with Crippen LogP contribution in [-0.4, -0.2) is 0 Å². The molecule has 2 aliphatic rings. The van der Waals surface area contributed by atoms with Gasteiger partial charge in [0.25, 0.3) is 0 Å². The molecule has 0 aliphatic heterocycles. The van der Waals surface area contributed by atoms with Crippen molar-refractivity contribution in [3.8, 4) is 0 Å². The summed E-state index contributed by atoms with van der Waals surface area (Å²) in [5, 5.41) is 0. The Balaban J connectivity index is 2.44. The highest BCUT2D eigenvalue weighted by Gasteiger charge is 2.81. The summed E-state index contributed by atoms with van der Waals surface area (Å²) >= 11 is 0. The Labute approximate surface area is 102 Å². The van der Waals surface area contributed by atoms with E-state index in [2.05, 4.69) is 48.5 Å². The van der Waals surface area contributed by atoms with Crippen LogP contribution < -0.4 is 0 Å². The van der Waals surface area contributed by atoms with Crippen LogP contribution in [-0.2, 0) is 0 Å². The summed E-state index contributed by atoms with van der Waals surface area (Å²) in [7, 11) is 0. The molecule has 0 amide bonds. The summed E-state index contributed by atoms with van der Waals surface area (Å²) < 4.78 is 0. The Kier molecular flexibility index (Phi) is 2.38. The number of fused-ring (bicyclic) bond motifs is 1. The molecule has 0 aromatic carbocycles. The van der Waals surface area contributed by atoms with Crippen LogP contribution >= 0.6 is 0 Å². The Morgan fingerprint density at radius 3 is 1.69 bits per heavy atom. The molecule has 0 radical (unpaired) electrons. The van der Waals surface area contributed by atoms with Gasteiger partial charge in [0, 0.05) is 0 Å². The van der Waals surface area contributed by atoms with Gasteiger partial charge in [-0.15, -0.1) is 0 Å². The first-order chi connectivity index (χ1) is 7.27. The Morgan fingerprint density at radius 2 is 1.38 bits per heavy atom. The van der Waals surface area contributed by atoms with Crippen LogP contribution in [0.2, 0.25) is 0 Å². The van der Waals surface area contributed by atoms with Crippen molar-refractivity contribution in [3.05, 3.63) is 0 Å². The summed E-state index contributed by atoms with van der Waals surface area (Å²) in [6, 6.07) is 0. The van der Waals surface area contributed by atoms with Gasteiger partial charge < -0.3 is 0 Å². The van der Waals surface area contributed by atoms with E-state index >= 15 is 0 Å². The zero-order chi connectivity index (χ0) is 12.4. The molecule has 2 aliphatic carbocycles. The third-order valence-electron chi connectivity index (χ3n) is 7.70. The highest BCUT2D eigenvalue weighted by molar-refractivity contribution is 5.29. The van der Waals surface area contributed by atoms with E-state index in [4.69, 9.17) is 0 Å². The lowest BCUT2D eigenvalue weighted by Gasteiger charge is -2.86. The second-order valence-corrected chi connectivity index (χ2v) is 7.39. The number of rotatable bonds is 3. The second kappa shape index (κ2) is 3.06. The van der Waals surface area contributed by atoms with Crippen molar-refractivity contribution in [2.75, 3.05) is 0 Å². The van der Waals surface area contributed by atoms with Gasteiger partial charge >= 0.3 is 0 Å². The van der Waals surface area contributed by atoms with Crippen molar-refractivity contribution in [1.82, 2.24) is 0 Å². The van der Waals surface area contributed by atoms with E-state index in [0.29, 0.717) is 21.7 Å². The van der Waals surface area contributed by atoms with E-state index in [1.807, 2.05) is 0 Å². The van der Waals surface area contributed by atoms with Crippen molar-refractivity contribution in [2.45, 2.75) is 74.1 Å². The van der Waals surface area contributed by atoms with Gasteiger partial charge in [-0.2, -0.15) is 0 Å². The van der Waals surface area contributed by atoms with Gasteiger partial charge in [-0.1, -0.05) is 48.5 Å². The molecule has 0 N–H and O–H groups in total. The van der Waals surface area contributed by atoms with Crippen molar-refractivity contribution in [1.29, 1.82) is 0 Å². The molecule has 0 nitrogen and oxygen atoms in total. The molecule has 0 heteroatoms. The van der Waals surface area contributed by atoms with Crippen LogP contribution in [0.25, 0.3) is 0 Å². The van der Waals surface area contributed by atoms with Gasteiger partial charge in [-0.05, 0) is 53.3 Å². The van der Waals surface area contributed by atoms with Gasteiger partial charge in [0.15, 0.2) is 0 Å². The normalized spacial score (nSPS) is 47.8. The number of hydrogen-bond acceptors (Lipinski definition) is 0. The highest BCUT2D eigenvalue weighted by atomic mass is 14.9. The summed E-state index contributed by atoms with van der Waals surface area (Å²) in [6.45, 7) is 17.4. The van der Waals surface area contributed by atoms with Crippen LogP contribution in [0.4, 0.5) is 0 Å². The van der Waals surface area contributed by atoms with Gasteiger partial charge in [0.2, 0.25) is 0 Å². The minimum absolute atomic E-state index is 0.565. The van der Waals surface area contributed by atoms with Crippen LogP contribution in [0.1, 0.15) is 74.1 Å². The SMILES string of the molecule is CCC1(CC)C2CC(C)(C)C2(C)C1(C)CC. The molecule has 3 atom stereocenters. The lowest BCUT2D eigenvalue weighted by Crippen LogP contribution is -2.80. The molecule has 94 valence electrons. The summed E-state index contributed by atoms with van der Waals surface area (Å²) in [4.78, 5) is 0. The zero-order valence-electron chi connectivity index (χ0n) is 12.4. The zero-order valence-corrected chi connectivity index (χ0v) is 12.4. The van der Waals surface area contributed by atoms with Crippen LogP contribution in [0, 0.1) is 27.6 Å². The van der Waals surface area contributed by atoms with Gasteiger partial charge in [0.1, 0.15) is 0 Å². The van der Waals surface area contributed by atoms with Gasteiger partial charge in [-0.25, -0.2) is 0 Å². The fraction of sp³-hybridized carbons (Fsp3) is 1.00. The smallest absolute Gasteiger partial charge is 0.0181 e. The molecule has 0 bridgehead atoms. The molecule has 0 heterocycles. The lowest BCUT2D eigenvalue weighted by molar-refractivity contribution is -0.385.